The van der Waals surface area contributed by atoms with Crippen LogP contribution in [0.1, 0.15) is 10.4 Å². The van der Waals surface area contributed by atoms with Gasteiger partial charge in [-0.2, -0.15) is 8.78 Å². The first-order chi connectivity index (χ1) is 7.39. The Bertz CT molecular complexity index is 415. The van der Waals surface area contributed by atoms with Crippen LogP contribution in [0.3, 0.4) is 0 Å². The van der Waals surface area contributed by atoms with Gasteiger partial charge in [-0.3, -0.25) is 4.79 Å². The smallest absolute Gasteiger partial charge is 0.404 e. The molecule has 0 saturated carbocycles. The average molecular weight is 249 g/mol. The molecule has 6 heteroatoms. The summed E-state index contributed by atoms with van der Waals surface area (Å²) in [4.78, 5) is 22.0. The number of benzene rings is 1. The second kappa shape index (κ2) is 4.57. The minimum atomic E-state index is -4.18. The van der Waals surface area contributed by atoms with Gasteiger partial charge in [-0.1, -0.05) is 11.6 Å². The van der Waals surface area contributed by atoms with Crippen LogP contribution in [0.4, 0.5) is 8.78 Å². The highest BCUT2D eigenvalue weighted by molar-refractivity contribution is 6.30. The number of rotatable bonds is 3. The molecule has 0 saturated heterocycles. The first-order valence-corrected chi connectivity index (χ1v) is 4.54. The maximum atomic E-state index is 13.1. The van der Waals surface area contributed by atoms with Gasteiger partial charge in [0.25, 0.3) is 0 Å². The lowest BCUT2D eigenvalue weighted by atomic mass is 10.1. The summed E-state index contributed by atoms with van der Waals surface area (Å²) < 4.78 is 30.1. The molecule has 0 spiro atoms. The van der Waals surface area contributed by atoms with Gasteiger partial charge in [0.15, 0.2) is 0 Å². The molecule has 0 amide bonds. The van der Waals surface area contributed by atoms with Crippen LogP contribution in [0, 0.1) is 0 Å². The third-order valence-corrected chi connectivity index (χ3v) is 2.09. The van der Waals surface area contributed by atoms with Crippen molar-refractivity contribution in [3.63, 3.8) is 0 Å². The first kappa shape index (κ1) is 12.6. The quantitative estimate of drug-likeness (QED) is 0.468. The second-order valence-corrected chi connectivity index (χ2v) is 3.34. The van der Waals surface area contributed by atoms with E-state index in [1.165, 1.54) is 12.1 Å². The highest BCUT2D eigenvalue weighted by Gasteiger charge is 2.48. The van der Waals surface area contributed by atoms with Gasteiger partial charge in [0, 0.05) is 10.6 Å². The van der Waals surface area contributed by atoms with E-state index >= 15 is 0 Å². The predicted octanol–water partition coefficient (Wildman–Crippen LogP) is 2.33. The second-order valence-electron chi connectivity index (χ2n) is 2.90. The number of carbonyl (C=O) groups excluding carboxylic acids is 2. The minimum Gasteiger partial charge on any atom is -0.464 e. The van der Waals surface area contributed by atoms with Crippen LogP contribution in [-0.2, 0) is 9.53 Å². The topological polar surface area (TPSA) is 43.4 Å². The summed E-state index contributed by atoms with van der Waals surface area (Å²) in [6, 6.07) is 4.79. The predicted molar refractivity (Wildman–Crippen MR) is 52.7 cm³/mol. The number of methoxy groups -OCH3 is 1. The summed E-state index contributed by atoms with van der Waals surface area (Å²) in [6.45, 7) is 0. The molecule has 1 aromatic carbocycles. The van der Waals surface area contributed by atoms with E-state index in [9.17, 15) is 18.4 Å². The van der Waals surface area contributed by atoms with E-state index in [0.29, 0.717) is 5.02 Å². The summed E-state index contributed by atoms with van der Waals surface area (Å²) in [5, 5.41) is 0.304. The highest BCUT2D eigenvalue weighted by Crippen LogP contribution is 2.22. The fraction of sp³-hybridized carbons (Fsp3) is 0.200. The summed E-state index contributed by atoms with van der Waals surface area (Å²) in [5.74, 6) is -7.67. The van der Waals surface area contributed by atoms with Crippen LogP contribution >= 0.6 is 11.6 Å². The van der Waals surface area contributed by atoms with Gasteiger partial charge in [0.05, 0.1) is 7.11 Å². The Hall–Kier alpha value is -1.49. The van der Waals surface area contributed by atoms with E-state index in [1.54, 1.807) is 0 Å². The zero-order chi connectivity index (χ0) is 12.3. The number of Topliss-reactive ketones (excluding diaryl/α,β-unsaturated/α-hetero) is 1. The van der Waals surface area contributed by atoms with Crippen molar-refractivity contribution in [2.45, 2.75) is 5.92 Å². The molecular formula is C10H7ClF2O3. The van der Waals surface area contributed by atoms with Crippen molar-refractivity contribution in [3.8, 4) is 0 Å². The Morgan fingerprint density at radius 2 is 1.75 bits per heavy atom. The molecule has 0 aliphatic carbocycles. The lowest BCUT2D eigenvalue weighted by molar-refractivity contribution is -0.161. The van der Waals surface area contributed by atoms with E-state index in [1.807, 2.05) is 0 Å². The average Bonchev–Trinajstić information content (AvgIpc) is 2.28. The van der Waals surface area contributed by atoms with Gasteiger partial charge in [0.1, 0.15) is 0 Å². The van der Waals surface area contributed by atoms with Crippen LogP contribution < -0.4 is 0 Å². The van der Waals surface area contributed by atoms with Gasteiger partial charge in [-0.15, -0.1) is 0 Å². The fourth-order valence-corrected chi connectivity index (χ4v) is 1.13. The van der Waals surface area contributed by atoms with E-state index in [0.717, 1.165) is 19.2 Å². The summed E-state index contributed by atoms with van der Waals surface area (Å²) in [6.07, 6.45) is 0. The van der Waals surface area contributed by atoms with Crippen molar-refractivity contribution in [1.82, 2.24) is 0 Å². The highest BCUT2D eigenvalue weighted by atomic mass is 35.5. The molecule has 16 heavy (non-hydrogen) atoms. The SMILES string of the molecule is COC(=O)C(F)(F)C(=O)c1ccc(Cl)cc1. The zero-order valence-electron chi connectivity index (χ0n) is 8.17. The molecule has 3 nitrogen and oxygen atoms in total. The number of carbonyl (C=O) groups is 2. The molecule has 0 N–H and O–H groups in total. The largest absolute Gasteiger partial charge is 0.464 e. The molecule has 0 aliphatic rings. The lowest BCUT2D eigenvalue weighted by Gasteiger charge is -2.11. The van der Waals surface area contributed by atoms with Crippen molar-refractivity contribution in [3.05, 3.63) is 34.9 Å². The molecule has 0 atom stereocenters. The molecule has 1 rings (SSSR count). The summed E-state index contributed by atoms with van der Waals surface area (Å²) >= 11 is 5.53. The van der Waals surface area contributed by atoms with Crippen LogP contribution in [0.2, 0.25) is 5.02 Å². The molecule has 0 aliphatic heterocycles. The molecule has 0 unspecified atom stereocenters. The Morgan fingerprint density at radius 3 is 2.19 bits per heavy atom. The van der Waals surface area contributed by atoms with E-state index in [-0.39, 0.29) is 5.56 Å². The van der Waals surface area contributed by atoms with Crippen LogP contribution in [0.25, 0.3) is 0 Å². The molecule has 1 aromatic rings. The van der Waals surface area contributed by atoms with E-state index in [4.69, 9.17) is 11.6 Å². The number of ketones is 1. The third-order valence-electron chi connectivity index (χ3n) is 1.83. The fourth-order valence-electron chi connectivity index (χ4n) is 1.00. The van der Waals surface area contributed by atoms with Crippen LogP contribution in [0.15, 0.2) is 24.3 Å². The van der Waals surface area contributed by atoms with Gasteiger partial charge in [0.2, 0.25) is 5.78 Å². The molecule has 0 heterocycles. The van der Waals surface area contributed by atoms with Crippen LogP contribution in [0.5, 0.6) is 0 Å². The minimum absolute atomic E-state index is 0.304. The van der Waals surface area contributed by atoms with E-state index < -0.39 is 17.7 Å². The van der Waals surface area contributed by atoms with Gasteiger partial charge >= 0.3 is 11.9 Å². The first-order valence-electron chi connectivity index (χ1n) is 4.16. The molecule has 0 aromatic heterocycles. The van der Waals surface area contributed by atoms with Gasteiger partial charge in [-0.05, 0) is 24.3 Å². The molecular weight excluding hydrogens is 242 g/mol. The third kappa shape index (κ3) is 2.36. The maximum Gasteiger partial charge on any atom is 0.404 e. The van der Waals surface area contributed by atoms with E-state index in [2.05, 4.69) is 4.74 Å². The molecule has 0 radical (unpaired) electrons. The number of hydrogen-bond donors (Lipinski definition) is 0. The monoisotopic (exact) mass is 248 g/mol. The standard InChI is InChI=1S/C10H7ClF2O3/c1-16-9(15)10(12,13)8(14)6-2-4-7(11)5-3-6/h2-5H,1H3. The Balaban J connectivity index is 3.02. The molecule has 86 valence electrons. The number of esters is 1. The normalized spacial score (nSPS) is 11.0. The molecule has 0 bridgehead atoms. The number of ether oxygens (including phenoxy) is 1. The van der Waals surface area contributed by atoms with Gasteiger partial charge in [-0.25, -0.2) is 4.79 Å². The Kier molecular flexibility index (Phi) is 3.59. The Labute approximate surface area is 95.0 Å². The van der Waals surface area contributed by atoms with Crippen molar-refractivity contribution in [2.75, 3.05) is 7.11 Å². The number of alkyl halides is 2. The summed E-state index contributed by atoms with van der Waals surface area (Å²) in [5.41, 5.74) is -0.306. The van der Waals surface area contributed by atoms with Crippen molar-refractivity contribution >= 4 is 23.4 Å². The van der Waals surface area contributed by atoms with Crippen molar-refractivity contribution in [2.24, 2.45) is 0 Å². The lowest BCUT2D eigenvalue weighted by Crippen LogP contribution is -2.38. The zero-order valence-corrected chi connectivity index (χ0v) is 8.92. The molecule has 0 fully saturated rings. The Morgan fingerprint density at radius 1 is 1.25 bits per heavy atom. The number of halogens is 3. The summed E-state index contributed by atoms with van der Waals surface area (Å²) in [7, 11) is 0.783. The maximum absolute atomic E-state index is 13.1. The van der Waals surface area contributed by atoms with Crippen LogP contribution in [-0.4, -0.2) is 24.8 Å². The van der Waals surface area contributed by atoms with Gasteiger partial charge < -0.3 is 4.74 Å². The van der Waals surface area contributed by atoms with Crippen molar-refractivity contribution < 1.29 is 23.1 Å². The number of hydrogen-bond acceptors (Lipinski definition) is 3. The van der Waals surface area contributed by atoms with Crippen molar-refractivity contribution in [1.29, 1.82) is 0 Å².